The molecule has 274 valence electrons. The van der Waals surface area contributed by atoms with Gasteiger partial charge in [-0.15, -0.1) is 0 Å². The van der Waals surface area contributed by atoms with Crippen molar-refractivity contribution >= 4 is 92.6 Å². The molecule has 0 aliphatic rings. The van der Waals surface area contributed by atoms with Crippen molar-refractivity contribution in [3.63, 3.8) is 0 Å². The molecule has 0 fully saturated rings. The van der Waals surface area contributed by atoms with E-state index in [1.165, 1.54) is 0 Å². The molecular weight excluding hydrogens is 735 g/mol. The Bertz CT molecular complexity index is 3620. The summed E-state index contributed by atoms with van der Waals surface area (Å²) in [4.78, 5) is 19.0. The summed E-state index contributed by atoms with van der Waals surface area (Å²) in [5.41, 5.74) is 10.7. The van der Waals surface area contributed by atoms with Gasteiger partial charge in [-0.25, -0.2) is 4.85 Å². The molecule has 0 N–H and O–H groups in total. The first kappa shape index (κ1) is 32.4. The zero-order valence-electron chi connectivity index (χ0n) is 31.7. The summed E-state index contributed by atoms with van der Waals surface area (Å²) in [6.45, 7) is 9.14. The third-order valence-corrected chi connectivity index (χ3v) is 12.5. The number of hydrogen-bond acceptors (Lipinski definition) is 4. The van der Waals surface area contributed by atoms with Crippen LogP contribution in [0.1, 0.15) is 5.56 Å². The van der Waals surface area contributed by atoms with Crippen LogP contribution >= 0.6 is 0 Å². The van der Waals surface area contributed by atoms with Crippen LogP contribution in [-0.2, 0) is 0 Å². The van der Waals surface area contributed by atoms with Crippen LogP contribution < -0.4 is 0 Å². The van der Waals surface area contributed by atoms with Crippen molar-refractivity contribution in [2.45, 2.75) is 0 Å². The normalized spacial score (nSPS) is 12.0. The fraction of sp³-hybridized carbons (Fsp3) is 0. The lowest BCUT2D eigenvalue weighted by atomic mass is 9.88. The van der Waals surface area contributed by atoms with E-state index >= 15 is 0 Å². The molecule has 7 nitrogen and oxygen atoms in total. The van der Waals surface area contributed by atoms with Crippen molar-refractivity contribution in [1.82, 2.24) is 24.1 Å². The number of nitrogens with zero attached hydrogens (tertiary/aromatic N) is 7. The summed E-state index contributed by atoms with van der Waals surface area (Å²) < 4.78 is 4.52. The zero-order valence-corrected chi connectivity index (χ0v) is 31.7. The fourth-order valence-corrected chi connectivity index (χ4v) is 10.2. The number of benzene rings is 8. The molecule has 0 saturated carbocycles. The van der Waals surface area contributed by atoms with E-state index < -0.39 is 0 Å². The minimum atomic E-state index is 0.399. The molecule has 0 amide bonds. The average molecular weight is 762 g/mol. The van der Waals surface area contributed by atoms with Crippen LogP contribution in [0, 0.1) is 17.9 Å². The zero-order chi connectivity index (χ0) is 39.6. The van der Waals surface area contributed by atoms with Gasteiger partial charge in [0.1, 0.15) is 6.07 Å². The molecule has 0 bridgehead atoms. The Kier molecular flexibility index (Phi) is 6.45. The van der Waals surface area contributed by atoms with Gasteiger partial charge >= 0.3 is 0 Å². The third-order valence-electron chi connectivity index (χ3n) is 12.5. The molecule has 0 atom stereocenters. The number of fused-ring (bicyclic) bond motifs is 6. The van der Waals surface area contributed by atoms with Gasteiger partial charge in [-0.05, 0) is 57.6 Å². The Hall–Kier alpha value is -8.65. The Morgan fingerprint density at radius 1 is 0.467 bits per heavy atom. The van der Waals surface area contributed by atoms with Gasteiger partial charge in [-0.3, -0.25) is 15.0 Å². The van der Waals surface area contributed by atoms with E-state index in [1.54, 1.807) is 0 Å². The Morgan fingerprint density at radius 3 is 1.57 bits per heavy atom. The maximum Gasteiger partial charge on any atom is 0.220 e. The maximum atomic E-state index is 11.7. The van der Waals surface area contributed by atoms with E-state index in [1.807, 2.05) is 97.6 Å². The van der Waals surface area contributed by atoms with Gasteiger partial charge in [-0.1, -0.05) is 109 Å². The second kappa shape index (κ2) is 11.9. The Morgan fingerprint density at radius 2 is 0.983 bits per heavy atom. The van der Waals surface area contributed by atoms with E-state index in [-0.39, 0.29) is 0 Å². The van der Waals surface area contributed by atoms with Gasteiger partial charge in [0.25, 0.3) is 0 Å². The molecular formula is C53H27N7. The van der Waals surface area contributed by atoms with E-state index in [4.69, 9.17) is 16.5 Å². The quantitative estimate of drug-likeness (QED) is 0.132. The highest BCUT2D eigenvalue weighted by Gasteiger charge is 2.33. The van der Waals surface area contributed by atoms with Gasteiger partial charge in [-0.2, -0.15) is 5.26 Å². The predicted molar refractivity (Wildman–Crippen MR) is 243 cm³/mol. The second-order valence-electron chi connectivity index (χ2n) is 15.3. The van der Waals surface area contributed by atoms with Crippen LogP contribution in [-0.4, -0.2) is 24.1 Å². The summed E-state index contributed by atoms with van der Waals surface area (Å²) >= 11 is 0. The molecule has 13 aromatic rings. The minimum Gasteiger partial charge on any atom is -0.318 e. The number of aromatic nitrogens is 5. The fourth-order valence-electron chi connectivity index (χ4n) is 10.2. The average Bonchev–Trinajstić information content (AvgIpc) is 3.84. The van der Waals surface area contributed by atoms with Crippen LogP contribution in [0.3, 0.4) is 0 Å². The molecule has 0 radical (unpaired) electrons. The van der Waals surface area contributed by atoms with Crippen molar-refractivity contribution in [2.75, 3.05) is 0 Å². The summed E-state index contributed by atoms with van der Waals surface area (Å²) in [6.07, 6.45) is 7.53. The molecule has 0 aliphatic carbocycles. The summed E-state index contributed by atoms with van der Waals surface area (Å²) in [5.74, 6) is 0. The van der Waals surface area contributed by atoms with Crippen molar-refractivity contribution in [3.05, 3.63) is 181 Å². The first-order valence-corrected chi connectivity index (χ1v) is 19.8. The highest BCUT2D eigenvalue weighted by molar-refractivity contribution is 6.35. The molecule has 13 rings (SSSR count). The van der Waals surface area contributed by atoms with E-state index in [9.17, 15) is 5.26 Å². The molecule has 0 unspecified atom stereocenters. The van der Waals surface area contributed by atoms with Gasteiger partial charge in [0.15, 0.2) is 0 Å². The standard InChI is InChI=1S/C53H27N7/c1-55-51-43(30-12-4-2-5-13-30)37(28-54)52(59-41-23-26-57-49-35-16-8-9-17-36(35)50-48(47(41)49)42(59)24-27-58-50)44(31-14-6-3-7-15-31)53(51)60-39-20-10-18-33-32-22-25-56-29-38(32)34-19-11-21-40(60)46(34)45(33)39/h2-27,29H. The maximum absolute atomic E-state index is 11.7. The van der Waals surface area contributed by atoms with Crippen LogP contribution in [0.5, 0.6) is 0 Å². The summed E-state index contributed by atoms with van der Waals surface area (Å²) in [7, 11) is 0. The molecule has 5 aromatic heterocycles. The molecule has 0 aliphatic heterocycles. The predicted octanol–water partition coefficient (Wildman–Crippen LogP) is 13.3. The Balaban J connectivity index is 1.33. The van der Waals surface area contributed by atoms with E-state index in [0.717, 1.165) is 104 Å². The second-order valence-corrected chi connectivity index (χ2v) is 15.3. The molecule has 7 heteroatoms. The smallest absolute Gasteiger partial charge is 0.220 e. The van der Waals surface area contributed by atoms with Gasteiger partial charge < -0.3 is 9.13 Å². The van der Waals surface area contributed by atoms with Crippen LogP contribution in [0.2, 0.25) is 0 Å². The summed E-state index contributed by atoms with van der Waals surface area (Å²) in [5, 5.41) is 22.4. The molecule has 8 aromatic carbocycles. The number of pyridine rings is 3. The van der Waals surface area contributed by atoms with E-state index in [0.29, 0.717) is 28.2 Å². The highest BCUT2D eigenvalue weighted by atomic mass is 15.0. The lowest BCUT2D eigenvalue weighted by Gasteiger charge is -2.25. The van der Waals surface area contributed by atoms with Crippen molar-refractivity contribution in [1.29, 1.82) is 5.26 Å². The lowest BCUT2D eigenvalue weighted by molar-refractivity contribution is 1.13. The topological polar surface area (TPSA) is 76.7 Å². The first-order chi connectivity index (χ1) is 29.8. The number of hydrogen-bond donors (Lipinski definition) is 0. The first-order valence-electron chi connectivity index (χ1n) is 19.8. The van der Waals surface area contributed by atoms with Gasteiger partial charge in [0.05, 0.1) is 56.6 Å². The lowest BCUT2D eigenvalue weighted by Crippen LogP contribution is -2.08. The van der Waals surface area contributed by atoms with E-state index in [2.05, 4.69) is 91.8 Å². The summed E-state index contributed by atoms with van der Waals surface area (Å²) in [6, 6.07) is 50.2. The van der Waals surface area contributed by atoms with Crippen LogP contribution in [0.15, 0.2) is 164 Å². The van der Waals surface area contributed by atoms with Gasteiger partial charge in [0.2, 0.25) is 5.69 Å². The SMILES string of the molecule is [C-]#[N+]c1c(-c2ccccc2)c(C#N)c(-n2c3ccnc4c5ccccc5c5nccc2c5c43)c(-c2ccccc2)c1-n1c2cccc3c4ccncc4c4cccc1c4c32. The minimum absolute atomic E-state index is 0.399. The van der Waals surface area contributed by atoms with Crippen LogP contribution in [0.25, 0.3) is 125 Å². The molecule has 0 saturated heterocycles. The molecule has 0 spiro atoms. The number of rotatable bonds is 4. The molecule has 60 heavy (non-hydrogen) atoms. The van der Waals surface area contributed by atoms with Gasteiger partial charge in [0, 0.05) is 73.6 Å². The number of nitriles is 1. The van der Waals surface area contributed by atoms with Crippen molar-refractivity contribution in [2.24, 2.45) is 0 Å². The van der Waals surface area contributed by atoms with Crippen molar-refractivity contribution < 1.29 is 0 Å². The third kappa shape index (κ3) is 4.02. The van der Waals surface area contributed by atoms with Crippen LogP contribution in [0.4, 0.5) is 5.69 Å². The largest absolute Gasteiger partial charge is 0.318 e. The van der Waals surface area contributed by atoms with Crippen molar-refractivity contribution in [3.8, 4) is 39.7 Å². The molecule has 5 heterocycles. The Labute approximate surface area is 341 Å². The highest BCUT2D eigenvalue weighted by Crippen LogP contribution is 2.54. The monoisotopic (exact) mass is 761 g/mol.